The molecule has 1 N–H and O–H groups in total. The van der Waals surface area contributed by atoms with Crippen molar-refractivity contribution in [2.24, 2.45) is 5.92 Å². The maximum Gasteiger partial charge on any atom is 0.432 e. The van der Waals surface area contributed by atoms with Crippen molar-refractivity contribution in [3.8, 4) is 0 Å². The van der Waals surface area contributed by atoms with Gasteiger partial charge in [0.25, 0.3) is 5.91 Å². The molecule has 1 fully saturated rings. The topological polar surface area (TPSA) is 66.1 Å². The quantitative estimate of drug-likeness (QED) is 0.665. The Morgan fingerprint density at radius 2 is 1.83 bits per heavy atom. The van der Waals surface area contributed by atoms with Crippen molar-refractivity contribution in [3.05, 3.63) is 65.5 Å². The van der Waals surface area contributed by atoms with Crippen LogP contribution >= 0.6 is 0 Å². The Morgan fingerprint density at radius 3 is 2.55 bits per heavy atom. The highest BCUT2D eigenvalue weighted by Crippen LogP contribution is 2.29. The van der Waals surface area contributed by atoms with E-state index in [1.807, 2.05) is 41.5 Å². The molecule has 0 radical (unpaired) electrons. The zero-order chi connectivity index (χ0) is 20.6. The molecule has 0 aliphatic carbocycles. The average Bonchev–Trinajstić information content (AvgIpc) is 3.23. The van der Waals surface area contributed by atoms with E-state index >= 15 is 0 Å². The van der Waals surface area contributed by atoms with E-state index in [0.717, 1.165) is 10.8 Å². The first-order valence-corrected chi connectivity index (χ1v) is 9.28. The van der Waals surface area contributed by atoms with Gasteiger partial charge < -0.3 is 4.90 Å². The van der Waals surface area contributed by atoms with Gasteiger partial charge >= 0.3 is 6.18 Å². The monoisotopic (exact) mass is 401 g/mol. The van der Waals surface area contributed by atoms with E-state index in [1.165, 1.54) is 4.90 Å². The van der Waals surface area contributed by atoms with Crippen LogP contribution in [0.25, 0.3) is 10.8 Å². The summed E-state index contributed by atoms with van der Waals surface area (Å²) in [6.07, 6.45) is -3.36. The summed E-state index contributed by atoms with van der Waals surface area (Å²) in [5.74, 6) is -1.06. The molecule has 1 aromatic heterocycles. The van der Waals surface area contributed by atoms with Crippen molar-refractivity contribution >= 4 is 22.5 Å². The number of halogens is 3. The number of rotatable bonds is 3. The van der Waals surface area contributed by atoms with Gasteiger partial charge in [-0.1, -0.05) is 36.4 Å². The minimum Gasteiger partial charge on any atom is -0.337 e. The van der Waals surface area contributed by atoms with Crippen LogP contribution in [0.4, 0.5) is 13.2 Å². The molecule has 4 rings (SSSR count). The zero-order valence-corrected chi connectivity index (χ0v) is 15.4. The van der Waals surface area contributed by atoms with Crippen LogP contribution in [0.2, 0.25) is 0 Å². The van der Waals surface area contributed by atoms with Crippen LogP contribution in [0.15, 0.2) is 48.5 Å². The van der Waals surface area contributed by atoms with Crippen LogP contribution in [-0.2, 0) is 6.18 Å². The molecule has 1 unspecified atom stereocenters. The van der Waals surface area contributed by atoms with Crippen LogP contribution < -0.4 is 0 Å². The van der Waals surface area contributed by atoms with Crippen molar-refractivity contribution in [1.29, 1.82) is 0 Å². The molecule has 0 spiro atoms. The number of carbonyl (C=O) groups excluding carboxylic acids is 2. The Hall–Kier alpha value is -3.16. The maximum absolute atomic E-state index is 13.0. The molecule has 5 nitrogen and oxygen atoms in total. The average molecular weight is 401 g/mol. The van der Waals surface area contributed by atoms with Crippen molar-refractivity contribution in [1.82, 2.24) is 15.1 Å². The third-order valence-corrected chi connectivity index (χ3v) is 5.22. The van der Waals surface area contributed by atoms with Crippen LogP contribution in [0, 0.1) is 5.92 Å². The zero-order valence-electron chi connectivity index (χ0n) is 15.4. The van der Waals surface area contributed by atoms with Crippen molar-refractivity contribution in [2.45, 2.75) is 19.0 Å². The number of ketones is 1. The summed E-state index contributed by atoms with van der Waals surface area (Å²) in [6.45, 7) is 0.549. The molecule has 0 bridgehead atoms. The summed E-state index contributed by atoms with van der Waals surface area (Å²) in [4.78, 5) is 27.0. The predicted octanol–water partition coefficient (Wildman–Crippen LogP) is 4.32. The van der Waals surface area contributed by atoms with Gasteiger partial charge in [0.15, 0.2) is 11.5 Å². The standard InChI is InChI=1S/C21H18F3N3O2/c22-21(23,24)18-11-17(25-26-18)20(29)27-9-3-6-16(12-27)19(28)15-8-7-13-4-1-2-5-14(13)10-15/h1-2,4-5,7-8,10-11,16H,3,6,9,12H2,(H,25,26). The highest BCUT2D eigenvalue weighted by molar-refractivity contribution is 6.02. The molecule has 1 aliphatic heterocycles. The second-order valence-electron chi connectivity index (χ2n) is 7.18. The lowest BCUT2D eigenvalue weighted by molar-refractivity contribution is -0.141. The van der Waals surface area contributed by atoms with Gasteiger partial charge in [0.1, 0.15) is 5.69 Å². The summed E-state index contributed by atoms with van der Waals surface area (Å²) in [5, 5.41) is 7.34. The van der Waals surface area contributed by atoms with Crippen LogP contribution in [0.1, 0.15) is 39.4 Å². The first kappa shape index (κ1) is 19.2. The largest absolute Gasteiger partial charge is 0.432 e. The molecule has 29 heavy (non-hydrogen) atoms. The van der Waals surface area contributed by atoms with E-state index in [4.69, 9.17) is 0 Å². The Bertz CT molecular complexity index is 1070. The fourth-order valence-corrected chi connectivity index (χ4v) is 3.69. The van der Waals surface area contributed by atoms with Gasteiger partial charge in [-0.25, -0.2) is 0 Å². The lowest BCUT2D eigenvalue weighted by Gasteiger charge is -2.31. The second-order valence-corrected chi connectivity index (χ2v) is 7.18. The summed E-state index contributed by atoms with van der Waals surface area (Å²) in [6, 6.07) is 13.9. The molecule has 1 aliphatic rings. The van der Waals surface area contributed by atoms with E-state index in [0.29, 0.717) is 31.0 Å². The van der Waals surface area contributed by atoms with Crippen molar-refractivity contribution < 1.29 is 22.8 Å². The van der Waals surface area contributed by atoms with E-state index in [1.54, 1.807) is 6.07 Å². The normalized spacial score (nSPS) is 17.5. The van der Waals surface area contributed by atoms with Gasteiger partial charge in [0.2, 0.25) is 0 Å². The third kappa shape index (κ3) is 3.87. The fraction of sp³-hybridized carbons (Fsp3) is 0.286. The number of benzene rings is 2. The van der Waals surface area contributed by atoms with Gasteiger partial charge in [0, 0.05) is 30.6 Å². The number of aromatic amines is 1. The highest BCUT2D eigenvalue weighted by atomic mass is 19.4. The number of likely N-dealkylation sites (tertiary alicyclic amines) is 1. The molecule has 8 heteroatoms. The Balaban J connectivity index is 1.50. The molecule has 2 aromatic carbocycles. The van der Waals surface area contributed by atoms with Crippen molar-refractivity contribution in [3.63, 3.8) is 0 Å². The number of hydrogen-bond acceptors (Lipinski definition) is 3. The van der Waals surface area contributed by atoms with E-state index in [9.17, 15) is 22.8 Å². The molecule has 150 valence electrons. The summed E-state index contributed by atoms with van der Waals surface area (Å²) >= 11 is 0. The third-order valence-electron chi connectivity index (χ3n) is 5.22. The van der Waals surface area contributed by atoms with E-state index < -0.39 is 23.7 Å². The maximum atomic E-state index is 13.0. The minimum atomic E-state index is -4.60. The number of piperidine rings is 1. The number of Topliss-reactive ketones (excluding diaryl/α,β-unsaturated/α-hetero) is 1. The van der Waals surface area contributed by atoms with E-state index in [2.05, 4.69) is 5.10 Å². The van der Waals surface area contributed by atoms with Crippen molar-refractivity contribution in [2.75, 3.05) is 13.1 Å². The second kappa shape index (κ2) is 7.35. The van der Waals surface area contributed by atoms with Gasteiger partial charge in [-0.3, -0.25) is 14.7 Å². The number of carbonyl (C=O) groups is 2. The smallest absolute Gasteiger partial charge is 0.337 e. The van der Waals surface area contributed by atoms with Gasteiger partial charge in [-0.2, -0.15) is 18.3 Å². The number of hydrogen-bond donors (Lipinski definition) is 1. The molecule has 3 aromatic rings. The number of nitrogens with zero attached hydrogens (tertiary/aromatic N) is 2. The summed E-state index contributed by atoms with van der Waals surface area (Å²) in [5.41, 5.74) is -0.792. The Labute approximate surface area is 164 Å². The van der Waals surface area contributed by atoms with Crippen LogP contribution in [-0.4, -0.2) is 39.9 Å². The minimum absolute atomic E-state index is 0.0636. The molecule has 1 amide bonds. The van der Waals surface area contributed by atoms with E-state index in [-0.39, 0.29) is 18.0 Å². The fourth-order valence-electron chi connectivity index (χ4n) is 3.69. The summed E-state index contributed by atoms with van der Waals surface area (Å²) < 4.78 is 38.2. The number of fused-ring (bicyclic) bond motifs is 1. The molecular formula is C21H18F3N3O2. The molecule has 1 saturated heterocycles. The molecule has 0 saturated carbocycles. The van der Waals surface area contributed by atoms with Gasteiger partial charge in [-0.05, 0) is 29.7 Å². The number of aromatic nitrogens is 2. The summed E-state index contributed by atoms with van der Waals surface area (Å²) in [7, 11) is 0. The Kier molecular flexibility index (Phi) is 4.86. The first-order chi connectivity index (χ1) is 13.8. The highest BCUT2D eigenvalue weighted by Gasteiger charge is 2.35. The lowest BCUT2D eigenvalue weighted by atomic mass is 9.89. The van der Waals surface area contributed by atoms with Crippen LogP contribution in [0.3, 0.4) is 0 Å². The lowest BCUT2D eigenvalue weighted by Crippen LogP contribution is -2.42. The van der Waals surface area contributed by atoms with Gasteiger partial charge in [0.05, 0.1) is 0 Å². The number of nitrogens with one attached hydrogen (secondary N) is 1. The molecule has 2 heterocycles. The molecular weight excluding hydrogens is 383 g/mol. The number of amides is 1. The first-order valence-electron chi connectivity index (χ1n) is 9.28. The van der Waals surface area contributed by atoms with Crippen LogP contribution in [0.5, 0.6) is 0 Å². The predicted molar refractivity (Wildman–Crippen MR) is 100 cm³/mol. The van der Waals surface area contributed by atoms with Gasteiger partial charge in [-0.15, -0.1) is 0 Å². The number of alkyl halides is 3. The number of H-pyrrole nitrogens is 1. The Morgan fingerprint density at radius 1 is 1.07 bits per heavy atom. The molecule has 1 atom stereocenters. The SMILES string of the molecule is O=C(c1ccc2ccccc2c1)C1CCCN(C(=O)c2cc(C(F)(F)F)[nH]n2)C1.